The summed E-state index contributed by atoms with van der Waals surface area (Å²) in [5, 5.41) is 13.0. The summed E-state index contributed by atoms with van der Waals surface area (Å²) in [5.41, 5.74) is -1.14. The number of carbonyl (C=O) groups excluding carboxylic acids is 1. The van der Waals surface area contributed by atoms with E-state index in [1.165, 1.54) is 13.3 Å². The molecular formula is C24H32O4. The number of rotatable bonds is 5. The fourth-order valence-corrected chi connectivity index (χ4v) is 4.27. The summed E-state index contributed by atoms with van der Waals surface area (Å²) in [6.45, 7) is 8.08. The molecule has 0 heterocycles. The molecule has 2 aromatic rings. The van der Waals surface area contributed by atoms with Crippen molar-refractivity contribution in [2.45, 2.75) is 58.7 Å². The summed E-state index contributed by atoms with van der Waals surface area (Å²) in [6, 6.07) is 11.3. The Balaban J connectivity index is 1.82. The van der Waals surface area contributed by atoms with E-state index in [-0.39, 0.29) is 6.10 Å². The number of fused-ring (bicyclic) bond motifs is 1. The molecule has 4 heteroatoms. The van der Waals surface area contributed by atoms with E-state index >= 15 is 0 Å². The molecule has 0 amide bonds. The van der Waals surface area contributed by atoms with Gasteiger partial charge in [0.2, 0.25) is 0 Å². The number of methoxy groups -OCH3 is 1. The first-order valence-corrected chi connectivity index (χ1v) is 10.2. The van der Waals surface area contributed by atoms with Gasteiger partial charge in [0.1, 0.15) is 11.9 Å². The van der Waals surface area contributed by atoms with Crippen LogP contribution in [-0.2, 0) is 15.1 Å². The summed E-state index contributed by atoms with van der Waals surface area (Å²) >= 11 is 0. The molecule has 0 unspecified atom stereocenters. The minimum Gasteiger partial charge on any atom is -0.497 e. The van der Waals surface area contributed by atoms with E-state index in [0.29, 0.717) is 23.3 Å². The molecule has 4 atom stereocenters. The van der Waals surface area contributed by atoms with Crippen LogP contribution in [0.25, 0.3) is 10.8 Å². The van der Waals surface area contributed by atoms with Crippen LogP contribution in [-0.4, -0.2) is 24.3 Å². The molecule has 1 aliphatic carbocycles. The van der Waals surface area contributed by atoms with E-state index in [4.69, 9.17) is 9.47 Å². The van der Waals surface area contributed by atoms with Crippen molar-refractivity contribution < 1.29 is 19.4 Å². The van der Waals surface area contributed by atoms with E-state index < -0.39 is 11.6 Å². The van der Waals surface area contributed by atoms with E-state index in [2.05, 4.69) is 20.8 Å². The minimum absolute atomic E-state index is 0.132. The second-order valence-corrected chi connectivity index (χ2v) is 8.77. The molecule has 1 N–H and O–H groups in total. The third-order valence-corrected chi connectivity index (χ3v) is 6.23. The zero-order valence-corrected chi connectivity index (χ0v) is 17.6. The maximum atomic E-state index is 13.0. The van der Waals surface area contributed by atoms with Crippen LogP contribution in [0.1, 0.15) is 52.5 Å². The lowest BCUT2D eigenvalue weighted by molar-refractivity contribution is -0.177. The van der Waals surface area contributed by atoms with Crippen LogP contribution < -0.4 is 4.74 Å². The standard InChI is InChI=1S/C24H32O4/c1-15(2)21-11-6-16(3)12-22(21)28-23(25)24(4,26)19-9-7-18-14-20(27-5)10-8-17(18)13-19/h7-10,13-16,21-22,26H,6,11-12H2,1-5H3/t16-,21+,22-,24+/m1/s1. The van der Waals surface area contributed by atoms with Gasteiger partial charge in [-0.15, -0.1) is 0 Å². The van der Waals surface area contributed by atoms with Crippen LogP contribution in [0.2, 0.25) is 0 Å². The number of esters is 1. The maximum absolute atomic E-state index is 13.0. The molecule has 1 saturated carbocycles. The second kappa shape index (κ2) is 8.12. The van der Waals surface area contributed by atoms with E-state index in [0.717, 1.165) is 29.4 Å². The Morgan fingerprint density at radius 1 is 1.14 bits per heavy atom. The molecule has 3 rings (SSSR count). The van der Waals surface area contributed by atoms with Gasteiger partial charge in [0, 0.05) is 0 Å². The van der Waals surface area contributed by atoms with E-state index in [1.807, 2.05) is 30.3 Å². The van der Waals surface area contributed by atoms with Crippen LogP contribution >= 0.6 is 0 Å². The van der Waals surface area contributed by atoms with Gasteiger partial charge in [0.25, 0.3) is 0 Å². The summed E-state index contributed by atoms with van der Waals surface area (Å²) in [6.07, 6.45) is 2.97. The minimum atomic E-state index is -1.68. The van der Waals surface area contributed by atoms with Crippen molar-refractivity contribution in [2.24, 2.45) is 17.8 Å². The Kier molecular flexibility index (Phi) is 5.99. The molecule has 28 heavy (non-hydrogen) atoms. The fourth-order valence-electron chi connectivity index (χ4n) is 4.27. The Labute approximate surface area is 167 Å². The Morgan fingerprint density at radius 3 is 2.50 bits per heavy atom. The molecule has 0 aliphatic heterocycles. The van der Waals surface area contributed by atoms with Crippen molar-refractivity contribution in [3.8, 4) is 5.75 Å². The van der Waals surface area contributed by atoms with Gasteiger partial charge in [-0.05, 0) is 72.1 Å². The smallest absolute Gasteiger partial charge is 0.342 e. The average Bonchev–Trinajstić information content (AvgIpc) is 2.66. The number of hydrogen-bond donors (Lipinski definition) is 1. The van der Waals surface area contributed by atoms with Crippen molar-refractivity contribution in [2.75, 3.05) is 7.11 Å². The maximum Gasteiger partial charge on any atom is 0.342 e. The van der Waals surface area contributed by atoms with Gasteiger partial charge >= 0.3 is 5.97 Å². The topological polar surface area (TPSA) is 55.8 Å². The zero-order chi connectivity index (χ0) is 20.5. The normalized spacial score (nSPS) is 24.8. The molecule has 0 aromatic heterocycles. The van der Waals surface area contributed by atoms with E-state index in [1.54, 1.807) is 13.2 Å². The Bertz CT molecular complexity index is 840. The van der Waals surface area contributed by atoms with Crippen molar-refractivity contribution >= 4 is 16.7 Å². The predicted octanol–water partition coefficient (Wildman–Crippen LogP) is 5.06. The second-order valence-electron chi connectivity index (χ2n) is 8.77. The van der Waals surface area contributed by atoms with Gasteiger partial charge in [-0.3, -0.25) is 0 Å². The van der Waals surface area contributed by atoms with Gasteiger partial charge < -0.3 is 14.6 Å². The number of hydrogen-bond acceptors (Lipinski definition) is 4. The van der Waals surface area contributed by atoms with Crippen molar-refractivity contribution in [1.29, 1.82) is 0 Å². The number of ether oxygens (including phenoxy) is 2. The van der Waals surface area contributed by atoms with E-state index in [9.17, 15) is 9.90 Å². The van der Waals surface area contributed by atoms with Crippen LogP contribution in [0.4, 0.5) is 0 Å². The van der Waals surface area contributed by atoms with Crippen LogP contribution in [0, 0.1) is 17.8 Å². The molecule has 152 valence electrons. The van der Waals surface area contributed by atoms with Crippen molar-refractivity contribution in [3.05, 3.63) is 42.0 Å². The Hall–Kier alpha value is -2.07. The third-order valence-electron chi connectivity index (χ3n) is 6.23. The molecule has 0 radical (unpaired) electrons. The van der Waals surface area contributed by atoms with Crippen LogP contribution in [0.3, 0.4) is 0 Å². The van der Waals surface area contributed by atoms with Gasteiger partial charge in [0.05, 0.1) is 7.11 Å². The SMILES string of the molecule is COc1ccc2cc([C@](C)(O)C(=O)O[C@@H]3C[C@H](C)CC[C@H]3C(C)C)ccc2c1. The predicted molar refractivity (Wildman–Crippen MR) is 111 cm³/mol. The van der Waals surface area contributed by atoms with Crippen molar-refractivity contribution in [3.63, 3.8) is 0 Å². The molecular weight excluding hydrogens is 352 g/mol. The molecule has 0 bridgehead atoms. The monoisotopic (exact) mass is 384 g/mol. The number of aliphatic hydroxyl groups is 1. The molecule has 1 fully saturated rings. The van der Waals surface area contributed by atoms with Gasteiger partial charge in [0.15, 0.2) is 5.60 Å². The van der Waals surface area contributed by atoms with Crippen molar-refractivity contribution in [1.82, 2.24) is 0 Å². The summed E-state index contributed by atoms with van der Waals surface area (Å²) in [7, 11) is 1.63. The highest BCUT2D eigenvalue weighted by Gasteiger charge is 2.40. The highest BCUT2D eigenvalue weighted by atomic mass is 16.6. The average molecular weight is 385 g/mol. The molecule has 1 aliphatic rings. The lowest BCUT2D eigenvalue weighted by Gasteiger charge is -2.38. The lowest BCUT2D eigenvalue weighted by Crippen LogP contribution is -2.42. The highest BCUT2D eigenvalue weighted by Crippen LogP contribution is 2.37. The quantitative estimate of drug-likeness (QED) is 0.732. The summed E-state index contributed by atoms with van der Waals surface area (Å²) < 4.78 is 11.2. The molecule has 4 nitrogen and oxygen atoms in total. The highest BCUT2D eigenvalue weighted by molar-refractivity contribution is 5.87. The van der Waals surface area contributed by atoms with Crippen LogP contribution in [0.5, 0.6) is 5.75 Å². The van der Waals surface area contributed by atoms with Gasteiger partial charge in [-0.1, -0.05) is 45.4 Å². The molecule has 2 aromatic carbocycles. The molecule has 0 spiro atoms. The summed E-state index contributed by atoms with van der Waals surface area (Å²) in [4.78, 5) is 13.0. The molecule has 0 saturated heterocycles. The lowest BCUT2D eigenvalue weighted by atomic mass is 9.75. The number of benzene rings is 2. The van der Waals surface area contributed by atoms with Gasteiger partial charge in [-0.2, -0.15) is 0 Å². The van der Waals surface area contributed by atoms with Gasteiger partial charge in [-0.25, -0.2) is 4.79 Å². The Morgan fingerprint density at radius 2 is 1.82 bits per heavy atom. The first-order chi connectivity index (χ1) is 13.2. The van der Waals surface area contributed by atoms with Crippen LogP contribution in [0.15, 0.2) is 36.4 Å². The summed E-state index contributed by atoms with van der Waals surface area (Å²) in [5.74, 6) is 1.54. The third kappa shape index (κ3) is 4.17. The zero-order valence-electron chi connectivity index (χ0n) is 17.6. The first-order valence-electron chi connectivity index (χ1n) is 10.2. The first kappa shape index (κ1) is 20.7. The number of carbonyl (C=O) groups is 1. The fraction of sp³-hybridized carbons (Fsp3) is 0.542. The largest absolute Gasteiger partial charge is 0.497 e.